The van der Waals surface area contributed by atoms with Crippen LogP contribution in [0.5, 0.6) is 5.75 Å². The van der Waals surface area contributed by atoms with E-state index in [9.17, 15) is 14.4 Å². The number of hydrogen-bond acceptors (Lipinski definition) is 6. The molecule has 1 atom stereocenters. The number of carbonyl (C=O) groups is 3. The minimum Gasteiger partial charge on any atom is -0.481 e. The fourth-order valence-corrected chi connectivity index (χ4v) is 4.52. The van der Waals surface area contributed by atoms with Gasteiger partial charge in [-0.3, -0.25) is 19.3 Å². The quantitative estimate of drug-likeness (QED) is 0.195. The number of alkyl halides is 3. The average molecular weight is 574 g/mol. The van der Waals surface area contributed by atoms with Crippen molar-refractivity contribution in [3.63, 3.8) is 0 Å². The molecule has 0 radical (unpaired) electrons. The monoisotopic (exact) mass is 572 g/mol. The molecular formula is C23H19Cl3N2O5S2. The molecule has 2 aromatic rings. The molecule has 35 heavy (non-hydrogen) atoms. The first kappa shape index (κ1) is 27.3. The second-order valence-electron chi connectivity index (χ2n) is 7.43. The highest BCUT2D eigenvalue weighted by Gasteiger charge is 2.36. The van der Waals surface area contributed by atoms with Crippen LogP contribution in [-0.2, 0) is 9.59 Å². The highest BCUT2D eigenvalue weighted by atomic mass is 35.6. The summed E-state index contributed by atoms with van der Waals surface area (Å²) in [5.41, 5.74) is 2.05. The number of nitrogens with zero attached hydrogens (tertiary/aromatic N) is 1. The first-order valence-electron chi connectivity index (χ1n) is 10.1. The lowest BCUT2D eigenvalue weighted by Gasteiger charge is -2.26. The lowest BCUT2D eigenvalue weighted by molar-refractivity contribution is -0.137. The van der Waals surface area contributed by atoms with Gasteiger partial charge in [0.2, 0.25) is 10.0 Å². The van der Waals surface area contributed by atoms with E-state index in [0.29, 0.717) is 26.1 Å². The predicted octanol–water partition coefficient (Wildman–Crippen LogP) is 5.18. The van der Waals surface area contributed by atoms with E-state index in [1.165, 1.54) is 4.90 Å². The summed E-state index contributed by atoms with van der Waals surface area (Å²) in [4.78, 5) is 37.5. The van der Waals surface area contributed by atoms with Crippen LogP contribution in [-0.4, -0.2) is 48.7 Å². The molecule has 1 aliphatic rings. The molecule has 12 heteroatoms. The van der Waals surface area contributed by atoms with E-state index in [-0.39, 0.29) is 18.9 Å². The molecule has 7 nitrogen and oxygen atoms in total. The van der Waals surface area contributed by atoms with E-state index in [2.05, 4.69) is 5.32 Å². The number of nitrogens with one attached hydrogen (secondary N) is 1. The van der Waals surface area contributed by atoms with Gasteiger partial charge in [0, 0.05) is 12.1 Å². The molecule has 1 heterocycles. The Bertz CT molecular complexity index is 1170. The zero-order chi connectivity index (χ0) is 25.8. The van der Waals surface area contributed by atoms with Crippen LogP contribution in [0.3, 0.4) is 0 Å². The van der Waals surface area contributed by atoms with Crippen molar-refractivity contribution in [3.05, 3.63) is 70.1 Å². The Morgan fingerprint density at radius 2 is 1.80 bits per heavy atom. The third kappa shape index (κ3) is 7.59. The Morgan fingerprint density at radius 3 is 2.37 bits per heavy atom. The van der Waals surface area contributed by atoms with E-state index < -0.39 is 21.9 Å². The number of thioether (sulfide) groups is 1. The molecule has 184 valence electrons. The molecule has 3 rings (SSSR count). The summed E-state index contributed by atoms with van der Waals surface area (Å²) in [6.45, 7) is 1.91. The Labute approximate surface area is 226 Å². The Kier molecular flexibility index (Phi) is 9.06. The lowest BCUT2D eigenvalue weighted by atomic mass is 10.1. The molecule has 1 saturated heterocycles. The van der Waals surface area contributed by atoms with Crippen molar-refractivity contribution >= 4 is 87.0 Å². The van der Waals surface area contributed by atoms with Gasteiger partial charge in [0.05, 0.1) is 11.3 Å². The van der Waals surface area contributed by atoms with Crippen molar-refractivity contribution in [3.8, 4) is 5.75 Å². The normalized spacial score (nSPS) is 15.9. The Hall–Kier alpha value is -2.30. The van der Waals surface area contributed by atoms with Gasteiger partial charge in [-0.1, -0.05) is 88.6 Å². The van der Waals surface area contributed by atoms with Gasteiger partial charge in [-0.05, 0) is 42.8 Å². The molecule has 2 aromatic carbocycles. The summed E-state index contributed by atoms with van der Waals surface area (Å²) in [6.07, 6.45) is 0.157. The van der Waals surface area contributed by atoms with Crippen LogP contribution in [0.1, 0.15) is 27.9 Å². The van der Waals surface area contributed by atoms with Crippen molar-refractivity contribution in [2.75, 3.05) is 6.54 Å². The second-order valence-corrected chi connectivity index (χ2v) is 11.5. The van der Waals surface area contributed by atoms with Gasteiger partial charge in [-0.15, -0.1) is 0 Å². The molecule has 1 fully saturated rings. The van der Waals surface area contributed by atoms with E-state index in [1.807, 2.05) is 6.92 Å². The molecule has 0 bridgehead atoms. The smallest absolute Gasteiger partial charge is 0.305 e. The number of aliphatic carboxylic acids is 1. The molecule has 0 aliphatic carbocycles. The van der Waals surface area contributed by atoms with Gasteiger partial charge >= 0.3 is 5.97 Å². The van der Waals surface area contributed by atoms with Gasteiger partial charge in [0.1, 0.15) is 10.1 Å². The van der Waals surface area contributed by atoms with Gasteiger partial charge in [0.25, 0.3) is 11.8 Å². The maximum absolute atomic E-state index is 12.6. The predicted molar refractivity (Wildman–Crippen MR) is 142 cm³/mol. The topological polar surface area (TPSA) is 95.9 Å². The summed E-state index contributed by atoms with van der Waals surface area (Å²) >= 11 is 24.4. The molecule has 2 amide bonds. The number of ether oxygens (including phenoxy) is 1. The standard InChI is InChI=1S/C23H19Cl3N2O5S2/c1-13-2-6-15(7-3-13)19(31)27-21(23(24,25)26)33-16-8-4-14(5-9-16)12-17-20(32)28(22(34)35-17)11-10-18(29)30/h2-9,12,21H,10-11H2,1H3,(H,27,31)(H,29,30)/b17-12-/t21-/m1/s1. The number of halogens is 3. The Balaban J connectivity index is 1.69. The van der Waals surface area contributed by atoms with Gasteiger partial charge in [0.15, 0.2) is 0 Å². The maximum Gasteiger partial charge on any atom is 0.305 e. The minimum atomic E-state index is -1.96. The molecule has 0 saturated carbocycles. The zero-order valence-corrected chi connectivity index (χ0v) is 22.1. The molecule has 0 aromatic heterocycles. The van der Waals surface area contributed by atoms with Crippen LogP contribution in [0.2, 0.25) is 0 Å². The van der Waals surface area contributed by atoms with Gasteiger partial charge in [-0.2, -0.15) is 0 Å². The summed E-state index contributed by atoms with van der Waals surface area (Å²) in [6, 6.07) is 13.4. The number of hydrogen-bond donors (Lipinski definition) is 2. The van der Waals surface area contributed by atoms with Crippen molar-refractivity contribution in [1.29, 1.82) is 0 Å². The van der Waals surface area contributed by atoms with Crippen LogP contribution in [0, 0.1) is 6.92 Å². The fourth-order valence-electron chi connectivity index (χ4n) is 2.92. The number of benzene rings is 2. The third-order valence-electron chi connectivity index (χ3n) is 4.73. The number of carbonyl (C=O) groups excluding carboxylic acids is 2. The average Bonchev–Trinajstić information content (AvgIpc) is 3.05. The molecule has 0 unspecified atom stereocenters. The van der Waals surface area contributed by atoms with Gasteiger partial charge in [-0.25, -0.2) is 0 Å². The van der Waals surface area contributed by atoms with Crippen LogP contribution in [0.15, 0.2) is 53.4 Å². The third-order valence-corrected chi connectivity index (χ3v) is 6.70. The molecular weight excluding hydrogens is 555 g/mol. The number of amides is 2. The number of rotatable bonds is 8. The summed E-state index contributed by atoms with van der Waals surface area (Å²) in [5.74, 6) is -1.52. The van der Waals surface area contributed by atoms with Crippen LogP contribution >= 0.6 is 58.8 Å². The zero-order valence-electron chi connectivity index (χ0n) is 18.2. The van der Waals surface area contributed by atoms with E-state index in [1.54, 1.807) is 54.6 Å². The summed E-state index contributed by atoms with van der Waals surface area (Å²) in [5, 5.41) is 11.4. The first-order chi connectivity index (χ1) is 16.4. The van der Waals surface area contributed by atoms with Crippen molar-refractivity contribution in [1.82, 2.24) is 10.2 Å². The fraction of sp³-hybridized carbons (Fsp3) is 0.217. The van der Waals surface area contributed by atoms with Crippen LogP contribution < -0.4 is 10.1 Å². The van der Waals surface area contributed by atoms with E-state index in [0.717, 1.165) is 17.3 Å². The summed E-state index contributed by atoms with van der Waals surface area (Å²) < 4.78 is 4.07. The van der Waals surface area contributed by atoms with Crippen molar-refractivity contribution in [2.24, 2.45) is 0 Å². The van der Waals surface area contributed by atoms with Crippen LogP contribution in [0.4, 0.5) is 0 Å². The highest BCUT2D eigenvalue weighted by Crippen LogP contribution is 2.34. The molecule has 1 aliphatic heterocycles. The Morgan fingerprint density at radius 1 is 1.17 bits per heavy atom. The lowest BCUT2D eigenvalue weighted by Crippen LogP contribution is -2.47. The van der Waals surface area contributed by atoms with Gasteiger partial charge < -0.3 is 15.2 Å². The SMILES string of the molecule is Cc1ccc(C(=O)N[C@H](Oc2ccc(/C=C3\SC(=S)N(CCC(=O)O)C3=O)cc2)C(Cl)(Cl)Cl)cc1. The number of carboxylic acid groups (broad SMARTS) is 1. The molecule has 0 spiro atoms. The highest BCUT2D eigenvalue weighted by molar-refractivity contribution is 8.26. The number of aryl methyl sites for hydroxylation is 1. The molecule has 2 N–H and O–H groups in total. The largest absolute Gasteiger partial charge is 0.481 e. The number of thiocarbonyl (C=S) groups is 1. The van der Waals surface area contributed by atoms with Crippen LogP contribution in [0.25, 0.3) is 6.08 Å². The maximum atomic E-state index is 12.6. The summed E-state index contributed by atoms with van der Waals surface area (Å²) in [7, 11) is 0. The van der Waals surface area contributed by atoms with E-state index >= 15 is 0 Å². The first-order valence-corrected chi connectivity index (χ1v) is 12.5. The van der Waals surface area contributed by atoms with Crippen molar-refractivity contribution < 1.29 is 24.2 Å². The second kappa shape index (κ2) is 11.6. The number of carboxylic acids is 1. The minimum absolute atomic E-state index is 0.0108. The van der Waals surface area contributed by atoms with Crippen molar-refractivity contribution in [2.45, 2.75) is 23.4 Å². The van der Waals surface area contributed by atoms with E-state index in [4.69, 9.17) is 56.9 Å².